The molecule has 12 heavy (non-hydrogen) atoms. The lowest BCUT2D eigenvalue weighted by Crippen LogP contribution is -2.06. The predicted molar refractivity (Wildman–Crippen MR) is 50.2 cm³/mol. The first-order valence-corrected chi connectivity index (χ1v) is 4.39. The van der Waals surface area contributed by atoms with E-state index in [1.54, 1.807) is 6.92 Å². The quantitative estimate of drug-likeness (QED) is 0.846. The average Bonchev–Trinajstić information content (AvgIpc) is 2.03. The van der Waals surface area contributed by atoms with Crippen LogP contribution in [-0.2, 0) is 4.79 Å². The smallest absolute Gasteiger partial charge is 0.310 e. The molecular formula is C9H9BrO2. The summed E-state index contributed by atoms with van der Waals surface area (Å²) in [5, 5.41) is 8.71. The van der Waals surface area contributed by atoms with Crippen molar-refractivity contribution in [1.82, 2.24) is 0 Å². The molecule has 0 fully saturated rings. The molecule has 1 aromatic rings. The Morgan fingerprint density at radius 1 is 1.58 bits per heavy atom. The maximum Gasteiger partial charge on any atom is 0.310 e. The van der Waals surface area contributed by atoms with Crippen molar-refractivity contribution in [3.63, 3.8) is 0 Å². The van der Waals surface area contributed by atoms with E-state index in [1.807, 2.05) is 24.3 Å². The third-order valence-electron chi connectivity index (χ3n) is 1.72. The van der Waals surface area contributed by atoms with Gasteiger partial charge in [0.15, 0.2) is 0 Å². The molecule has 1 N–H and O–H groups in total. The molecule has 0 unspecified atom stereocenters. The SMILES string of the molecule is C[C@@H](C(=O)O)c1cccc(Br)c1. The zero-order chi connectivity index (χ0) is 9.14. The van der Waals surface area contributed by atoms with E-state index in [0.29, 0.717) is 0 Å². The highest BCUT2D eigenvalue weighted by molar-refractivity contribution is 9.10. The van der Waals surface area contributed by atoms with Crippen LogP contribution in [0.1, 0.15) is 18.4 Å². The molecule has 0 aromatic heterocycles. The van der Waals surface area contributed by atoms with Crippen LogP contribution in [-0.4, -0.2) is 11.1 Å². The summed E-state index contributed by atoms with van der Waals surface area (Å²) in [6.07, 6.45) is 0. The van der Waals surface area contributed by atoms with Gasteiger partial charge in [0.25, 0.3) is 0 Å². The number of halogens is 1. The molecule has 0 saturated carbocycles. The lowest BCUT2D eigenvalue weighted by Gasteiger charge is -2.05. The monoisotopic (exact) mass is 228 g/mol. The summed E-state index contributed by atoms with van der Waals surface area (Å²) >= 11 is 3.29. The molecule has 3 heteroatoms. The van der Waals surface area contributed by atoms with Crippen LogP contribution in [0.2, 0.25) is 0 Å². The fourth-order valence-electron chi connectivity index (χ4n) is 0.919. The summed E-state index contributed by atoms with van der Waals surface area (Å²) in [6, 6.07) is 7.33. The van der Waals surface area contributed by atoms with Crippen LogP contribution in [0.15, 0.2) is 28.7 Å². The number of rotatable bonds is 2. The van der Waals surface area contributed by atoms with Gasteiger partial charge in [-0.3, -0.25) is 4.79 Å². The first-order valence-electron chi connectivity index (χ1n) is 3.59. The van der Waals surface area contributed by atoms with Crippen LogP contribution < -0.4 is 0 Å². The van der Waals surface area contributed by atoms with E-state index in [0.717, 1.165) is 10.0 Å². The van der Waals surface area contributed by atoms with E-state index in [2.05, 4.69) is 15.9 Å². The normalized spacial score (nSPS) is 12.5. The van der Waals surface area contributed by atoms with Crippen molar-refractivity contribution in [1.29, 1.82) is 0 Å². The average molecular weight is 229 g/mol. The third-order valence-corrected chi connectivity index (χ3v) is 2.21. The first-order chi connectivity index (χ1) is 5.61. The van der Waals surface area contributed by atoms with Gasteiger partial charge in [0, 0.05) is 4.47 Å². The lowest BCUT2D eigenvalue weighted by molar-refractivity contribution is -0.138. The number of hydrogen-bond acceptors (Lipinski definition) is 1. The van der Waals surface area contributed by atoms with Gasteiger partial charge in [-0.1, -0.05) is 28.1 Å². The van der Waals surface area contributed by atoms with Crippen LogP contribution in [0.5, 0.6) is 0 Å². The molecule has 0 aliphatic rings. The number of carboxylic acid groups (broad SMARTS) is 1. The highest BCUT2D eigenvalue weighted by Gasteiger charge is 2.12. The lowest BCUT2D eigenvalue weighted by atomic mass is 10.0. The Morgan fingerprint density at radius 2 is 2.25 bits per heavy atom. The standard InChI is InChI=1S/C9H9BrO2/c1-6(9(11)12)7-3-2-4-8(10)5-7/h2-6H,1H3,(H,11,12)/t6-/m1/s1. The Labute approximate surface area is 79.3 Å². The van der Waals surface area contributed by atoms with Crippen molar-refractivity contribution < 1.29 is 9.90 Å². The molecule has 0 aliphatic heterocycles. The maximum absolute atomic E-state index is 10.6. The molecule has 0 aliphatic carbocycles. The van der Waals surface area contributed by atoms with Gasteiger partial charge in [-0.2, -0.15) is 0 Å². The van der Waals surface area contributed by atoms with Gasteiger partial charge in [-0.25, -0.2) is 0 Å². The zero-order valence-electron chi connectivity index (χ0n) is 6.62. The number of carboxylic acids is 1. The fourth-order valence-corrected chi connectivity index (χ4v) is 1.34. The van der Waals surface area contributed by atoms with Crippen molar-refractivity contribution in [2.45, 2.75) is 12.8 Å². The Bertz CT molecular complexity index is 296. The van der Waals surface area contributed by atoms with E-state index in [1.165, 1.54) is 0 Å². The molecule has 64 valence electrons. The summed E-state index contributed by atoms with van der Waals surface area (Å²) < 4.78 is 0.910. The number of benzene rings is 1. The highest BCUT2D eigenvalue weighted by Crippen LogP contribution is 2.19. The molecule has 2 nitrogen and oxygen atoms in total. The van der Waals surface area contributed by atoms with Gasteiger partial charge in [0.2, 0.25) is 0 Å². The molecule has 0 amide bonds. The minimum absolute atomic E-state index is 0.442. The Hall–Kier alpha value is -0.830. The predicted octanol–water partition coefficient (Wildman–Crippen LogP) is 2.64. The molecule has 1 rings (SSSR count). The van der Waals surface area contributed by atoms with Crippen molar-refractivity contribution in [3.8, 4) is 0 Å². The van der Waals surface area contributed by atoms with Gasteiger partial charge in [-0.05, 0) is 24.6 Å². The number of carbonyl (C=O) groups is 1. The van der Waals surface area contributed by atoms with E-state index >= 15 is 0 Å². The van der Waals surface area contributed by atoms with Crippen molar-refractivity contribution in [2.24, 2.45) is 0 Å². The van der Waals surface area contributed by atoms with E-state index in [9.17, 15) is 4.79 Å². The fraction of sp³-hybridized carbons (Fsp3) is 0.222. The number of hydrogen-bond donors (Lipinski definition) is 1. The molecule has 0 saturated heterocycles. The summed E-state index contributed by atoms with van der Waals surface area (Å²) in [7, 11) is 0. The molecule has 0 bridgehead atoms. The van der Waals surface area contributed by atoms with Crippen LogP contribution >= 0.6 is 15.9 Å². The van der Waals surface area contributed by atoms with Crippen molar-refractivity contribution in [3.05, 3.63) is 34.3 Å². The van der Waals surface area contributed by atoms with Gasteiger partial charge < -0.3 is 5.11 Å². The van der Waals surface area contributed by atoms with Gasteiger partial charge >= 0.3 is 5.97 Å². The Balaban J connectivity index is 2.95. The summed E-state index contributed by atoms with van der Waals surface area (Å²) in [4.78, 5) is 10.6. The summed E-state index contributed by atoms with van der Waals surface area (Å²) in [6.45, 7) is 1.67. The minimum atomic E-state index is -0.798. The molecule has 0 heterocycles. The minimum Gasteiger partial charge on any atom is -0.481 e. The first kappa shape index (κ1) is 9.26. The zero-order valence-corrected chi connectivity index (χ0v) is 8.21. The van der Waals surface area contributed by atoms with E-state index in [-0.39, 0.29) is 0 Å². The Kier molecular flexibility index (Phi) is 2.87. The maximum atomic E-state index is 10.6. The summed E-state index contributed by atoms with van der Waals surface area (Å²) in [5.74, 6) is -1.24. The summed E-state index contributed by atoms with van der Waals surface area (Å²) in [5.41, 5.74) is 0.817. The van der Waals surface area contributed by atoms with Gasteiger partial charge in [-0.15, -0.1) is 0 Å². The van der Waals surface area contributed by atoms with Crippen molar-refractivity contribution >= 4 is 21.9 Å². The van der Waals surface area contributed by atoms with E-state index in [4.69, 9.17) is 5.11 Å². The molecule has 0 spiro atoms. The highest BCUT2D eigenvalue weighted by atomic mass is 79.9. The topological polar surface area (TPSA) is 37.3 Å². The largest absolute Gasteiger partial charge is 0.481 e. The van der Waals surface area contributed by atoms with Gasteiger partial charge in [0.1, 0.15) is 0 Å². The van der Waals surface area contributed by atoms with Crippen molar-refractivity contribution in [2.75, 3.05) is 0 Å². The second-order valence-corrected chi connectivity index (χ2v) is 3.53. The molecule has 1 atom stereocenters. The molecular weight excluding hydrogens is 220 g/mol. The molecule has 0 radical (unpaired) electrons. The van der Waals surface area contributed by atoms with Crippen LogP contribution in [0, 0.1) is 0 Å². The number of aliphatic carboxylic acids is 1. The third kappa shape index (κ3) is 2.08. The van der Waals surface area contributed by atoms with E-state index < -0.39 is 11.9 Å². The molecule has 1 aromatic carbocycles. The van der Waals surface area contributed by atoms with Crippen LogP contribution in [0.25, 0.3) is 0 Å². The second-order valence-electron chi connectivity index (χ2n) is 2.61. The van der Waals surface area contributed by atoms with Crippen LogP contribution in [0.4, 0.5) is 0 Å². The van der Waals surface area contributed by atoms with Gasteiger partial charge in [0.05, 0.1) is 5.92 Å². The Morgan fingerprint density at radius 3 is 2.75 bits per heavy atom. The van der Waals surface area contributed by atoms with Crippen LogP contribution in [0.3, 0.4) is 0 Å². The second kappa shape index (κ2) is 3.72.